The number of nitrogens with one attached hydrogen (secondary N) is 2. The Morgan fingerprint density at radius 1 is 1.16 bits per heavy atom. The predicted molar refractivity (Wildman–Crippen MR) is 126 cm³/mol. The summed E-state index contributed by atoms with van der Waals surface area (Å²) in [6, 6.07) is 13.4. The van der Waals surface area contributed by atoms with E-state index in [1.54, 1.807) is 66.9 Å². The fourth-order valence-electron chi connectivity index (χ4n) is 3.14. The lowest BCUT2D eigenvalue weighted by atomic mass is 10.0. The van der Waals surface area contributed by atoms with Crippen LogP contribution in [0.3, 0.4) is 0 Å². The zero-order valence-corrected chi connectivity index (χ0v) is 19.8. The molecule has 10 heteroatoms. The molecule has 0 saturated carbocycles. The third kappa shape index (κ3) is 6.18. The Morgan fingerprint density at radius 2 is 1.84 bits per heavy atom. The van der Waals surface area contributed by atoms with Crippen LogP contribution in [0, 0.1) is 4.77 Å². The van der Waals surface area contributed by atoms with Crippen LogP contribution in [0.1, 0.15) is 31.9 Å². The molecule has 1 aromatic heterocycles. The van der Waals surface area contributed by atoms with Gasteiger partial charge in [0.25, 0.3) is 0 Å². The Hall–Kier alpha value is -2.68. The minimum atomic E-state index is -0.664. The summed E-state index contributed by atoms with van der Waals surface area (Å²) in [7, 11) is 0. The lowest BCUT2D eigenvalue weighted by Crippen LogP contribution is -2.34. The van der Waals surface area contributed by atoms with Crippen LogP contribution in [0.15, 0.2) is 48.5 Å². The van der Waals surface area contributed by atoms with Gasteiger partial charge in [-0.15, -0.1) is 0 Å². The number of esters is 1. The first-order valence-electron chi connectivity index (χ1n) is 9.89. The van der Waals surface area contributed by atoms with Crippen molar-refractivity contribution < 1.29 is 14.3 Å². The van der Waals surface area contributed by atoms with Crippen LogP contribution in [0.25, 0.3) is 11.4 Å². The minimum absolute atomic E-state index is 0.0610. The van der Waals surface area contributed by atoms with E-state index in [0.29, 0.717) is 26.2 Å². The number of nitrogens with zero attached hydrogens (tertiary/aromatic N) is 2. The second kappa shape index (κ2) is 10.8. The second-order valence-corrected chi connectivity index (χ2v) is 8.56. The monoisotopic (exact) mass is 492 g/mol. The first kappa shape index (κ1) is 24.0. The van der Waals surface area contributed by atoms with Gasteiger partial charge in [0.2, 0.25) is 5.91 Å². The van der Waals surface area contributed by atoms with Crippen molar-refractivity contribution >= 4 is 47.3 Å². The van der Waals surface area contributed by atoms with Crippen molar-refractivity contribution in [1.29, 1.82) is 0 Å². The average molecular weight is 493 g/mol. The van der Waals surface area contributed by atoms with Gasteiger partial charge in [-0.2, -0.15) is 5.10 Å². The van der Waals surface area contributed by atoms with Crippen molar-refractivity contribution in [3.05, 3.63) is 68.9 Å². The Kier molecular flexibility index (Phi) is 8.06. The van der Waals surface area contributed by atoms with Gasteiger partial charge in [-0.1, -0.05) is 41.4 Å². The molecule has 0 radical (unpaired) electrons. The Morgan fingerprint density at radius 3 is 2.50 bits per heavy atom. The molecule has 0 aliphatic rings. The molecule has 168 valence electrons. The van der Waals surface area contributed by atoms with Crippen LogP contribution in [0.2, 0.25) is 10.0 Å². The van der Waals surface area contributed by atoms with Crippen LogP contribution in [-0.4, -0.2) is 32.7 Å². The summed E-state index contributed by atoms with van der Waals surface area (Å²) in [5.41, 5.74) is 1.37. The van der Waals surface area contributed by atoms with Gasteiger partial charge in [0, 0.05) is 15.6 Å². The number of ether oxygens (including phenoxy) is 1. The molecule has 0 saturated heterocycles. The first-order chi connectivity index (χ1) is 15.2. The predicted octanol–water partition coefficient (Wildman–Crippen LogP) is 5.11. The average Bonchev–Trinajstić information content (AvgIpc) is 3.08. The molecule has 0 bridgehead atoms. The maximum absolute atomic E-state index is 13.0. The molecule has 3 aromatic rings. The fourth-order valence-corrected chi connectivity index (χ4v) is 3.73. The highest BCUT2D eigenvalue weighted by atomic mass is 35.5. The molecule has 1 unspecified atom stereocenters. The number of aromatic amines is 1. The molecule has 0 spiro atoms. The fraction of sp³-hybridized carbons (Fsp3) is 0.273. The van der Waals surface area contributed by atoms with Crippen LogP contribution in [-0.2, 0) is 20.9 Å². The van der Waals surface area contributed by atoms with E-state index < -0.39 is 12.0 Å². The number of hydrogen-bond acceptors (Lipinski definition) is 5. The third-order valence-corrected chi connectivity index (χ3v) is 5.42. The zero-order chi connectivity index (χ0) is 23.3. The molecule has 32 heavy (non-hydrogen) atoms. The summed E-state index contributed by atoms with van der Waals surface area (Å²) in [4.78, 5) is 25.3. The molecule has 1 heterocycles. The number of amides is 1. The summed E-state index contributed by atoms with van der Waals surface area (Å²) in [6.45, 7) is 3.42. The Bertz CT molecular complexity index is 1160. The summed E-state index contributed by atoms with van der Waals surface area (Å²) < 4.78 is 7.12. The maximum atomic E-state index is 13.0. The van der Waals surface area contributed by atoms with Crippen molar-refractivity contribution in [1.82, 2.24) is 20.1 Å². The zero-order valence-electron chi connectivity index (χ0n) is 17.5. The number of hydrogen-bond donors (Lipinski definition) is 2. The highest BCUT2D eigenvalue weighted by Gasteiger charge is 2.23. The molecule has 1 atom stereocenters. The molecule has 0 aliphatic heterocycles. The molecule has 2 aromatic carbocycles. The molecule has 1 amide bonds. The van der Waals surface area contributed by atoms with Gasteiger partial charge >= 0.3 is 5.97 Å². The summed E-state index contributed by atoms with van der Waals surface area (Å²) in [5.74, 6) is -0.303. The minimum Gasteiger partial charge on any atom is -0.463 e. The van der Waals surface area contributed by atoms with Crippen LogP contribution >= 0.6 is 35.4 Å². The molecule has 0 fully saturated rings. The number of rotatable bonds is 8. The van der Waals surface area contributed by atoms with Crippen molar-refractivity contribution in [2.24, 2.45) is 0 Å². The quantitative estimate of drug-likeness (QED) is 0.336. The summed E-state index contributed by atoms with van der Waals surface area (Å²) in [5, 5.41) is 10.8. The lowest BCUT2D eigenvalue weighted by Gasteiger charge is -2.21. The highest BCUT2D eigenvalue weighted by molar-refractivity contribution is 7.71. The maximum Gasteiger partial charge on any atom is 0.308 e. The van der Waals surface area contributed by atoms with Gasteiger partial charge in [-0.3, -0.25) is 19.3 Å². The topological polar surface area (TPSA) is 89.0 Å². The molecular formula is C22H22Cl2N4O3S. The van der Waals surface area contributed by atoms with Gasteiger partial charge < -0.3 is 10.1 Å². The number of aromatic nitrogens is 3. The van der Waals surface area contributed by atoms with E-state index >= 15 is 0 Å². The molecule has 3 rings (SSSR count). The van der Waals surface area contributed by atoms with Crippen molar-refractivity contribution in [3.8, 4) is 11.4 Å². The van der Waals surface area contributed by atoms with E-state index in [-0.39, 0.29) is 25.0 Å². The Labute approximate surface area is 200 Å². The van der Waals surface area contributed by atoms with Gasteiger partial charge in [-0.25, -0.2) is 0 Å². The normalized spacial score (nSPS) is 11.9. The number of H-pyrrole nitrogens is 1. The number of carbonyl (C=O) groups excluding carboxylic acids is 2. The number of carbonyl (C=O) groups is 2. The van der Waals surface area contributed by atoms with Crippen LogP contribution in [0.4, 0.5) is 0 Å². The van der Waals surface area contributed by atoms with Crippen LogP contribution < -0.4 is 5.32 Å². The summed E-state index contributed by atoms with van der Waals surface area (Å²) >= 11 is 17.6. The second-order valence-electron chi connectivity index (χ2n) is 7.33. The van der Waals surface area contributed by atoms with Gasteiger partial charge in [0.05, 0.1) is 18.6 Å². The van der Waals surface area contributed by atoms with Gasteiger partial charge in [0.1, 0.15) is 6.54 Å². The summed E-state index contributed by atoms with van der Waals surface area (Å²) in [6.07, 6.45) is -0.328. The Balaban J connectivity index is 1.82. The van der Waals surface area contributed by atoms with Gasteiger partial charge in [-0.05, 0) is 62.0 Å². The van der Waals surface area contributed by atoms with E-state index in [1.807, 2.05) is 0 Å². The molecule has 2 N–H and O–H groups in total. The molecule has 7 nitrogen and oxygen atoms in total. The smallest absolute Gasteiger partial charge is 0.308 e. The third-order valence-electron chi connectivity index (χ3n) is 4.52. The molecular weight excluding hydrogens is 471 g/mol. The van der Waals surface area contributed by atoms with Crippen molar-refractivity contribution in [2.45, 2.75) is 39.0 Å². The van der Waals surface area contributed by atoms with Crippen LogP contribution in [0.5, 0.6) is 0 Å². The molecule has 0 aliphatic carbocycles. The SMILES string of the molecule is CC(C)OC(=O)CC(NC(=O)Cn1c(-c2ccc(Cl)cc2)n[nH]c1=S)c1ccccc1Cl. The standard InChI is InChI=1S/C22H22Cl2N4O3S/c1-13(2)31-20(30)11-18(16-5-3-4-6-17(16)24)25-19(29)12-28-21(26-27-22(28)32)14-7-9-15(23)10-8-14/h3-10,13,18H,11-12H2,1-2H3,(H,25,29)(H,27,32). The van der Waals surface area contributed by atoms with E-state index in [0.717, 1.165) is 5.56 Å². The van der Waals surface area contributed by atoms with E-state index in [9.17, 15) is 9.59 Å². The van der Waals surface area contributed by atoms with Crippen molar-refractivity contribution in [3.63, 3.8) is 0 Å². The largest absolute Gasteiger partial charge is 0.463 e. The van der Waals surface area contributed by atoms with Crippen molar-refractivity contribution in [2.75, 3.05) is 0 Å². The lowest BCUT2D eigenvalue weighted by molar-refractivity contribution is -0.148. The van der Waals surface area contributed by atoms with E-state index in [1.165, 1.54) is 0 Å². The van der Waals surface area contributed by atoms with Gasteiger partial charge in [0.15, 0.2) is 10.6 Å². The highest BCUT2D eigenvalue weighted by Crippen LogP contribution is 2.26. The first-order valence-corrected chi connectivity index (χ1v) is 11.1. The van der Waals surface area contributed by atoms with E-state index in [2.05, 4.69) is 15.5 Å². The number of halogens is 2. The van der Waals surface area contributed by atoms with E-state index in [4.69, 9.17) is 40.2 Å². The number of benzene rings is 2.